The van der Waals surface area contributed by atoms with Gasteiger partial charge in [-0.15, -0.1) is 0 Å². The van der Waals surface area contributed by atoms with Crippen molar-refractivity contribution in [2.24, 2.45) is 0 Å². The van der Waals surface area contributed by atoms with Gasteiger partial charge in [-0.3, -0.25) is 0 Å². The van der Waals surface area contributed by atoms with Crippen molar-refractivity contribution in [3.8, 4) is 16.9 Å². The predicted octanol–water partition coefficient (Wildman–Crippen LogP) is 3.87. The van der Waals surface area contributed by atoms with Crippen molar-refractivity contribution in [3.05, 3.63) is 48.8 Å². The number of aromatic nitrogens is 2. The van der Waals surface area contributed by atoms with Crippen LogP contribution >= 0.6 is 0 Å². The minimum Gasteiger partial charge on any atom is -0.490 e. The number of hydrogen-bond acceptors (Lipinski definition) is 4. The van der Waals surface area contributed by atoms with Gasteiger partial charge < -0.3 is 9.47 Å². The third-order valence-corrected chi connectivity index (χ3v) is 3.73. The molecule has 1 aromatic heterocycles. The summed E-state index contributed by atoms with van der Waals surface area (Å²) in [4.78, 5) is 8.50. The van der Waals surface area contributed by atoms with Gasteiger partial charge in [-0.25, -0.2) is 14.4 Å². The molecule has 1 fully saturated rings. The second kappa shape index (κ2) is 6.87. The Hall–Kier alpha value is -2.27. The van der Waals surface area contributed by atoms with Crippen molar-refractivity contribution >= 4 is 5.57 Å². The lowest BCUT2D eigenvalue weighted by molar-refractivity contribution is 0.0681. The summed E-state index contributed by atoms with van der Waals surface area (Å²) in [6, 6.07) is 4.45. The van der Waals surface area contributed by atoms with Gasteiger partial charge in [0.15, 0.2) is 5.82 Å². The highest BCUT2D eigenvalue weighted by Gasteiger charge is 2.17. The van der Waals surface area contributed by atoms with Crippen molar-refractivity contribution in [3.63, 3.8) is 0 Å². The number of rotatable bonds is 5. The molecule has 1 saturated heterocycles. The molecule has 0 amide bonds. The van der Waals surface area contributed by atoms with Crippen LogP contribution < -0.4 is 4.74 Å². The van der Waals surface area contributed by atoms with Crippen LogP contribution in [0.4, 0.5) is 4.39 Å². The van der Waals surface area contributed by atoms with E-state index in [0.29, 0.717) is 29.3 Å². The molecule has 1 aliphatic rings. The van der Waals surface area contributed by atoms with E-state index < -0.39 is 0 Å². The molecule has 0 aliphatic carbocycles. The molecule has 4 nitrogen and oxygen atoms in total. The van der Waals surface area contributed by atoms with Crippen LogP contribution in [0.2, 0.25) is 0 Å². The van der Waals surface area contributed by atoms with Crippen LogP contribution in [0.25, 0.3) is 16.7 Å². The van der Waals surface area contributed by atoms with Crippen LogP contribution in [0, 0.1) is 5.82 Å². The molecular weight excluding hydrogens is 295 g/mol. The zero-order valence-electron chi connectivity index (χ0n) is 13.1. The average Bonchev–Trinajstić information content (AvgIpc) is 3.07. The summed E-state index contributed by atoms with van der Waals surface area (Å²) in [6.07, 6.45) is 5.47. The Kier molecular flexibility index (Phi) is 4.67. The molecule has 5 heteroatoms. The summed E-state index contributed by atoms with van der Waals surface area (Å²) in [7, 11) is 0. The maximum atomic E-state index is 13.6. The number of ether oxygens (including phenoxy) is 2. The average molecular weight is 314 g/mol. The SMILES string of the molecule is C=C(C)c1ncc(-c2cc(F)ccc2OCC2CCCO2)cn1. The fourth-order valence-electron chi connectivity index (χ4n) is 2.50. The second-order valence-electron chi connectivity index (χ2n) is 5.66. The second-order valence-corrected chi connectivity index (χ2v) is 5.66. The van der Waals surface area contributed by atoms with Crippen molar-refractivity contribution in [1.29, 1.82) is 0 Å². The van der Waals surface area contributed by atoms with E-state index in [1.165, 1.54) is 12.1 Å². The molecule has 0 N–H and O–H groups in total. The fourth-order valence-corrected chi connectivity index (χ4v) is 2.50. The molecule has 1 unspecified atom stereocenters. The lowest BCUT2D eigenvalue weighted by Gasteiger charge is -2.15. The first-order valence-electron chi connectivity index (χ1n) is 7.66. The summed E-state index contributed by atoms with van der Waals surface area (Å²) in [5, 5.41) is 0. The standard InChI is InChI=1S/C18H19FN2O2/c1-12(2)18-20-9-13(10-21-18)16-8-14(19)5-6-17(16)23-11-15-4-3-7-22-15/h5-6,8-10,15H,1,3-4,7,11H2,2H3. The van der Waals surface area contributed by atoms with Crippen molar-refractivity contribution in [2.75, 3.05) is 13.2 Å². The van der Waals surface area contributed by atoms with Crippen molar-refractivity contribution < 1.29 is 13.9 Å². The molecule has 120 valence electrons. The van der Waals surface area contributed by atoms with Gasteiger partial charge in [-0.05, 0) is 43.5 Å². The largest absolute Gasteiger partial charge is 0.490 e. The zero-order valence-corrected chi connectivity index (χ0v) is 13.1. The third kappa shape index (κ3) is 3.74. The van der Waals surface area contributed by atoms with Crippen molar-refractivity contribution in [1.82, 2.24) is 9.97 Å². The molecular formula is C18H19FN2O2. The van der Waals surface area contributed by atoms with Gasteiger partial charge >= 0.3 is 0 Å². The minimum atomic E-state index is -0.326. The van der Waals surface area contributed by atoms with E-state index in [-0.39, 0.29) is 11.9 Å². The molecule has 0 radical (unpaired) electrons. The van der Waals surface area contributed by atoms with Gasteiger partial charge in [0.1, 0.15) is 18.2 Å². The summed E-state index contributed by atoms with van der Waals surface area (Å²) in [5.41, 5.74) is 2.12. The Balaban J connectivity index is 1.84. The Morgan fingerprint density at radius 1 is 1.39 bits per heavy atom. The van der Waals surface area contributed by atoms with E-state index in [1.807, 2.05) is 6.92 Å². The number of benzene rings is 1. The molecule has 1 aliphatic heterocycles. The summed E-state index contributed by atoms with van der Waals surface area (Å²) in [6.45, 7) is 6.89. The third-order valence-electron chi connectivity index (χ3n) is 3.73. The van der Waals surface area contributed by atoms with Crippen LogP contribution in [0.5, 0.6) is 5.75 Å². The highest BCUT2D eigenvalue weighted by Crippen LogP contribution is 2.31. The van der Waals surface area contributed by atoms with E-state index >= 15 is 0 Å². The first-order chi connectivity index (χ1) is 11.1. The molecule has 3 rings (SSSR count). The first kappa shape index (κ1) is 15.6. The highest BCUT2D eigenvalue weighted by atomic mass is 19.1. The Labute approximate surface area is 135 Å². The fraction of sp³-hybridized carbons (Fsp3) is 0.333. The summed E-state index contributed by atoms with van der Waals surface area (Å²) in [5.74, 6) is 0.856. The summed E-state index contributed by atoms with van der Waals surface area (Å²) >= 11 is 0. The van der Waals surface area contributed by atoms with E-state index in [2.05, 4.69) is 16.5 Å². The van der Waals surface area contributed by atoms with Crippen molar-refractivity contribution in [2.45, 2.75) is 25.9 Å². The maximum absolute atomic E-state index is 13.6. The van der Waals surface area contributed by atoms with Gasteiger partial charge in [0.2, 0.25) is 0 Å². The van der Waals surface area contributed by atoms with Crippen LogP contribution in [-0.2, 0) is 4.74 Å². The van der Waals surface area contributed by atoms with E-state index in [0.717, 1.165) is 25.0 Å². The zero-order chi connectivity index (χ0) is 16.2. The smallest absolute Gasteiger partial charge is 0.154 e. The molecule has 23 heavy (non-hydrogen) atoms. The monoisotopic (exact) mass is 314 g/mol. The molecule has 0 bridgehead atoms. The van der Waals surface area contributed by atoms with Gasteiger partial charge in [0.25, 0.3) is 0 Å². The van der Waals surface area contributed by atoms with Gasteiger partial charge in [0.05, 0.1) is 6.10 Å². The molecule has 2 heterocycles. The topological polar surface area (TPSA) is 44.2 Å². The lowest BCUT2D eigenvalue weighted by atomic mass is 10.1. The van der Waals surface area contributed by atoms with Crippen LogP contribution in [-0.4, -0.2) is 29.3 Å². The Bertz CT molecular complexity index is 695. The molecule has 1 aromatic carbocycles. The predicted molar refractivity (Wildman–Crippen MR) is 86.6 cm³/mol. The van der Waals surface area contributed by atoms with Crippen LogP contribution in [0.3, 0.4) is 0 Å². The number of hydrogen-bond donors (Lipinski definition) is 0. The van der Waals surface area contributed by atoms with Gasteiger partial charge in [-0.2, -0.15) is 0 Å². The van der Waals surface area contributed by atoms with Gasteiger partial charge in [0, 0.05) is 30.1 Å². The number of allylic oxidation sites excluding steroid dienone is 1. The molecule has 2 aromatic rings. The minimum absolute atomic E-state index is 0.106. The Morgan fingerprint density at radius 3 is 2.83 bits per heavy atom. The van der Waals surface area contributed by atoms with E-state index in [4.69, 9.17) is 9.47 Å². The maximum Gasteiger partial charge on any atom is 0.154 e. The quantitative estimate of drug-likeness (QED) is 0.840. The van der Waals surface area contributed by atoms with Crippen LogP contribution in [0.15, 0.2) is 37.2 Å². The van der Waals surface area contributed by atoms with E-state index in [9.17, 15) is 4.39 Å². The molecule has 0 spiro atoms. The number of halogens is 1. The van der Waals surface area contributed by atoms with E-state index in [1.54, 1.807) is 18.5 Å². The normalized spacial score (nSPS) is 17.2. The summed E-state index contributed by atoms with van der Waals surface area (Å²) < 4.78 is 25.0. The Morgan fingerprint density at radius 2 is 2.17 bits per heavy atom. The first-order valence-corrected chi connectivity index (χ1v) is 7.66. The van der Waals surface area contributed by atoms with Gasteiger partial charge in [-0.1, -0.05) is 6.58 Å². The van der Waals surface area contributed by atoms with Crippen LogP contribution in [0.1, 0.15) is 25.6 Å². The highest BCUT2D eigenvalue weighted by molar-refractivity contribution is 5.69. The molecule has 1 atom stereocenters. The number of nitrogens with zero attached hydrogens (tertiary/aromatic N) is 2. The molecule has 0 saturated carbocycles. The lowest BCUT2D eigenvalue weighted by Crippen LogP contribution is -2.16.